The standard InChI is InChI=1S/C21H23FN8O9P2S3/c22-14-13-6-34-40(33,42)38-11-3-10(8-4-24-17-9(31)1-2-26-30(8)17)36-12(11)5-35-41(43,44)39-16(14)20(37-13)29-7-25-15-18(29)27-21(23)28-19(15)32/h2,4,7,10-14,16,20H,1,3,5-6H2,(H,33,42)(H,43,44)(H3,23,27,28,32)/t10-,11+,12-,13-,14-,16-,20-,40?/m1/s1. The summed E-state index contributed by atoms with van der Waals surface area (Å²) < 4.78 is 53.9. The number of carbonyl (C=O) groups is 1. The van der Waals surface area contributed by atoms with Crippen molar-refractivity contribution < 1.29 is 41.6 Å². The van der Waals surface area contributed by atoms with Crippen LogP contribution in [0.2, 0.25) is 0 Å². The van der Waals surface area contributed by atoms with Crippen molar-refractivity contribution in [2.45, 2.75) is 55.8 Å². The minimum Gasteiger partial charge on any atom is -0.369 e. The first-order valence-electron chi connectivity index (χ1n) is 13.0. The molecule has 0 spiro atoms. The summed E-state index contributed by atoms with van der Waals surface area (Å²) in [5.74, 6) is -0.229. The normalized spacial score (nSPS) is 37.7. The second kappa shape index (κ2) is 11.4. The van der Waals surface area contributed by atoms with Gasteiger partial charge in [0.2, 0.25) is 17.4 Å². The fourth-order valence-corrected chi connectivity index (χ4v) is 8.77. The van der Waals surface area contributed by atoms with Gasteiger partial charge in [-0.15, -0.1) is 0 Å². The number of alkyl halides is 1. The lowest BCUT2D eigenvalue weighted by Gasteiger charge is -2.28. The van der Waals surface area contributed by atoms with Gasteiger partial charge in [-0.25, -0.2) is 19.0 Å². The Morgan fingerprint density at radius 3 is 2.75 bits per heavy atom. The highest BCUT2D eigenvalue weighted by Gasteiger charge is 2.51. The molecular formula is C21H23FN8O9P2S3. The Morgan fingerprint density at radius 1 is 1.14 bits per heavy atom. The number of hydrogen-bond acceptors (Lipinski definition) is 15. The molecule has 3 fully saturated rings. The zero-order valence-electron chi connectivity index (χ0n) is 22.1. The number of ketones is 1. The fraction of sp³-hybridized carbons (Fsp3) is 0.524. The van der Waals surface area contributed by atoms with Crippen LogP contribution in [0.25, 0.3) is 11.2 Å². The van der Waals surface area contributed by atoms with Crippen LogP contribution in [-0.4, -0.2) is 89.9 Å². The van der Waals surface area contributed by atoms with Crippen molar-refractivity contribution in [1.82, 2.24) is 29.2 Å². The van der Waals surface area contributed by atoms with Gasteiger partial charge < -0.3 is 38.2 Å². The quantitative estimate of drug-likeness (QED) is 0.218. The fourth-order valence-electron chi connectivity index (χ4n) is 5.37. The number of aromatic amines is 1. The average Bonchev–Trinajstić information content (AvgIpc) is 3.72. The van der Waals surface area contributed by atoms with Crippen LogP contribution in [0.3, 0.4) is 0 Å². The Labute approximate surface area is 261 Å². The van der Waals surface area contributed by atoms with Gasteiger partial charge in [-0.2, -0.15) is 10.1 Å². The molecule has 4 N–H and O–H groups in total. The van der Waals surface area contributed by atoms with Gasteiger partial charge in [-0.05, 0) is 23.6 Å². The molecule has 2 unspecified atom stereocenters. The van der Waals surface area contributed by atoms with Crippen LogP contribution < -0.4 is 11.3 Å². The average molecular weight is 709 g/mol. The molecule has 0 aromatic carbocycles. The Bertz CT molecular complexity index is 1840. The molecule has 3 aromatic rings. The van der Waals surface area contributed by atoms with Gasteiger partial charge >= 0.3 is 6.72 Å². The molecule has 236 valence electrons. The molecule has 7 heterocycles. The van der Waals surface area contributed by atoms with E-state index in [9.17, 15) is 14.5 Å². The lowest BCUT2D eigenvalue weighted by molar-refractivity contribution is -0.0516. The van der Waals surface area contributed by atoms with Gasteiger partial charge in [0.15, 0.2) is 29.4 Å². The number of Topliss-reactive ketones (excluding diaryl/α,β-unsaturated/α-hetero) is 1. The van der Waals surface area contributed by atoms with E-state index >= 15 is 4.39 Å². The molecule has 4 aliphatic rings. The van der Waals surface area contributed by atoms with Crippen LogP contribution in [0.4, 0.5) is 10.3 Å². The molecule has 9 atom stereocenters. The van der Waals surface area contributed by atoms with Gasteiger partial charge in [0, 0.05) is 12.6 Å². The zero-order valence-corrected chi connectivity index (χ0v) is 26.4. The van der Waals surface area contributed by atoms with Crippen LogP contribution >= 0.6 is 24.7 Å². The molecular weight excluding hydrogens is 685 g/mol. The lowest BCUT2D eigenvalue weighted by Crippen LogP contribution is -2.32. The number of nitrogens with zero attached hydrogens (tertiary/aromatic N) is 6. The Kier molecular flexibility index (Phi) is 7.91. The van der Waals surface area contributed by atoms with E-state index in [0.29, 0.717) is 5.69 Å². The molecule has 3 saturated heterocycles. The van der Waals surface area contributed by atoms with Crippen molar-refractivity contribution >= 4 is 77.4 Å². The maximum atomic E-state index is 15.9. The van der Waals surface area contributed by atoms with Gasteiger partial charge in [0.25, 0.3) is 5.56 Å². The highest BCUT2D eigenvalue weighted by Crippen LogP contribution is 2.59. The minimum absolute atomic E-state index is 0.00469. The zero-order chi connectivity index (χ0) is 31.0. The number of halogens is 1. The van der Waals surface area contributed by atoms with E-state index in [1.165, 1.54) is 28.0 Å². The Hall–Kier alpha value is -2.00. The summed E-state index contributed by atoms with van der Waals surface area (Å²) in [6.07, 6.45) is -3.90. The molecule has 3 aromatic heterocycles. The highest BCUT2D eigenvalue weighted by molar-refractivity contribution is 8.60. The summed E-state index contributed by atoms with van der Waals surface area (Å²) >= 11 is 15.2. The topological polar surface area (TPSA) is 212 Å². The number of rotatable bonds is 2. The molecule has 0 saturated carbocycles. The van der Waals surface area contributed by atoms with Crippen molar-refractivity contribution in [3.63, 3.8) is 0 Å². The van der Waals surface area contributed by atoms with E-state index in [-0.39, 0.29) is 48.2 Å². The van der Waals surface area contributed by atoms with E-state index in [4.69, 9.17) is 56.9 Å². The molecule has 0 radical (unpaired) electrons. The Morgan fingerprint density at radius 2 is 1.93 bits per heavy atom. The number of fused-ring (bicyclic) bond motifs is 5. The van der Waals surface area contributed by atoms with Crippen LogP contribution in [0.1, 0.15) is 41.5 Å². The lowest BCUT2D eigenvalue weighted by atomic mass is 10.1. The van der Waals surface area contributed by atoms with Crippen LogP contribution in [-0.2, 0) is 51.2 Å². The maximum absolute atomic E-state index is 15.9. The van der Waals surface area contributed by atoms with Crippen LogP contribution in [0.5, 0.6) is 0 Å². The second-order valence-corrected chi connectivity index (χ2v) is 18.2. The largest absolute Gasteiger partial charge is 0.369 e. The van der Waals surface area contributed by atoms with Crippen LogP contribution in [0, 0.1) is 0 Å². The van der Waals surface area contributed by atoms with Gasteiger partial charge in [-0.3, -0.25) is 19.1 Å². The van der Waals surface area contributed by atoms with Crippen molar-refractivity contribution in [1.29, 1.82) is 0 Å². The van der Waals surface area contributed by atoms with E-state index in [2.05, 4.69) is 37.3 Å². The summed E-state index contributed by atoms with van der Waals surface area (Å²) in [7, 11) is 0. The predicted molar refractivity (Wildman–Crippen MR) is 160 cm³/mol. The van der Waals surface area contributed by atoms with Crippen molar-refractivity contribution in [3.05, 3.63) is 34.4 Å². The highest BCUT2D eigenvalue weighted by atomic mass is 32.9. The number of H-pyrrole nitrogens is 1. The number of anilines is 1. The van der Waals surface area contributed by atoms with E-state index in [1.807, 2.05) is 0 Å². The third-order valence-corrected chi connectivity index (χ3v) is 11.1. The smallest absolute Gasteiger partial charge is 0.324 e. The molecule has 23 heteroatoms. The third-order valence-electron chi connectivity index (χ3n) is 7.33. The number of thiol groups is 1. The minimum atomic E-state index is -4.01. The first kappa shape index (κ1) is 30.6. The monoisotopic (exact) mass is 708 g/mol. The summed E-state index contributed by atoms with van der Waals surface area (Å²) in [5.41, 5.74) is 2.00. The number of aromatic nitrogens is 6. The molecule has 4 aliphatic heterocycles. The van der Waals surface area contributed by atoms with E-state index in [0.717, 1.165) is 0 Å². The van der Waals surface area contributed by atoms with Crippen LogP contribution in [0.15, 0.2) is 22.4 Å². The Balaban J connectivity index is 1.18. The van der Waals surface area contributed by atoms with Gasteiger partial charge in [0.1, 0.15) is 24.4 Å². The number of imidazole rings is 2. The number of carbonyl (C=O) groups excluding carboxylic acids is 1. The summed E-state index contributed by atoms with van der Waals surface area (Å²) in [6, 6.07) is 0. The van der Waals surface area contributed by atoms with Crippen molar-refractivity contribution in [3.8, 4) is 0 Å². The number of ether oxygens (including phenoxy) is 2. The van der Waals surface area contributed by atoms with E-state index < -0.39 is 67.5 Å². The van der Waals surface area contributed by atoms with Crippen molar-refractivity contribution in [2.24, 2.45) is 5.10 Å². The molecule has 17 nitrogen and oxygen atoms in total. The number of nitrogen functional groups attached to an aromatic ring is 1. The maximum Gasteiger partial charge on any atom is 0.324 e. The second-order valence-electron chi connectivity index (χ2n) is 10.2. The third kappa shape index (κ3) is 5.62. The van der Waals surface area contributed by atoms with E-state index in [1.54, 1.807) is 0 Å². The molecule has 7 rings (SSSR count). The molecule has 2 bridgehead atoms. The summed E-state index contributed by atoms with van der Waals surface area (Å²) in [6.45, 7) is -4.79. The predicted octanol–water partition coefficient (Wildman–Crippen LogP) is 1.27. The summed E-state index contributed by atoms with van der Waals surface area (Å²) in [4.78, 5) is 50.2. The molecule has 0 amide bonds. The number of nitrogens with two attached hydrogens (primary N) is 1. The van der Waals surface area contributed by atoms with Gasteiger partial charge in [-0.1, -0.05) is 12.2 Å². The first-order valence-corrected chi connectivity index (χ1v) is 19.4. The SMILES string of the molecule is Nc1nc2c(ncn2[C@@H]2O[C@@H]3COP(O)(=S)O[C@H]4C[C@H](c5cnc6n5N=CCC6=O)O[C@@H]4COP(=S)(S)O[C@@H]2[C@@H]3F)c(=O)[nH]1. The molecule has 0 aliphatic carbocycles. The number of nitrogens with one attached hydrogen (secondary N) is 1. The first-order chi connectivity index (χ1) is 20.9. The van der Waals surface area contributed by atoms with Crippen molar-refractivity contribution in [2.75, 3.05) is 18.9 Å². The molecule has 44 heavy (non-hydrogen) atoms. The summed E-state index contributed by atoms with van der Waals surface area (Å²) in [5, 5.41) is 4.25. The number of hydrogen-bond donors (Lipinski definition) is 4. The van der Waals surface area contributed by atoms with Gasteiger partial charge in [0.05, 0.1) is 44.0 Å².